The van der Waals surface area contributed by atoms with Crippen LogP contribution in [0.2, 0.25) is 0 Å². The van der Waals surface area contributed by atoms with Crippen LogP contribution in [0.25, 0.3) is 0 Å². The molecule has 1 aromatic heterocycles. The Bertz CT molecular complexity index is 532. The number of carbonyl (C=O) groups excluding carboxylic acids is 1. The quantitative estimate of drug-likeness (QED) is 0.819. The predicted molar refractivity (Wildman–Crippen MR) is 76.0 cm³/mol. The number of rotatable bonds is 3. The Morgan fingerprint density at radius 1 is 1.17 bits per heavy atom. The minimum atomic E-state index is 0.0844. The number of hydrogen-bond acceptors (Lipinski definition) is 2. The van der Waals surface area contributed by atoms with Gasteiger partial charge in [-0.15, -0.1) is 11.3 Å². The van der Waals surface area contributed by atoms with Crippen LogP contribution in [0.5, 0.6) is 0 Å². The zero-order chi connectivity index (χ0) is 13.1. The Hall–Kier alpha value is -1.61. The molecule has 0 spiro atoms. The first-order valence-electron chi connectivity index (χ1n) is 5.98. The molecule has 1 amide bonds. The first-order chi connectivity index (χ1) is 8.59. The lowest BCUT2D eigenvalue weighted by Crippen LogP contribution is -2.28. The van der Waals surface area contributed by atoms with E-state index in [1.54, 1.807) is 16.2 Å². The van der Waals surface area contributed by atoms with E-state index in [1.165, 1.54) is 4.88 Å². The number of thiophene rings is 1. The number of carbonyl (C=O) groups is 1. The zero-order valence-electron chi connectivity index (χ0n) is 10.9. The standard InChI is InChI=1S/C15H17NOS/c1-11-9-10-14(18-11)15(17)16(3)12(2)13-7-5-4-6-8-13/h4-10,12H,1-3H3. The second kappa shape index (κ2) is 5.36. The van der Waals surface area contributed by atoms with Gasteiger partial charge in [0.1, 0.15) is 0 Å². The maximum Gasteiger partial charge on any atom is 0.264 e. The molecular formula is C15H17NOS. The summed E-state index contributed by atoms with van der Waals surface area (Å²) in [5.74, 6) is 0.0875. The topological polar surface area (TPSA) is 20.3 Å². The largest absolute Gasteiger partial charge is 0.334 e. The van der Waals surface area contributed by atoms with Crippen LogP contribution >= 0.6 is 11.3 Å². The molecule has 0 aliphatic rings. The van der Waals surface area contributed by atoms with E-state index in [4.69, 9.17) is 0 Å². The van der Waals surface area contributed by atoms with Crippen molar-refractivity contribution in [2.75, 3.05) is 7.05 Å². The highest BCUT2D eigenvalue weighted by Crippen LogP contribution is 2.23. The molecule has 2 rings (SSSR count). The van der Waals surface area contributed by atoms with Gasteiger partial charge in [0.15, 0.2) is 0 Å². The molecule has 0 bridgehead atoms. The minimum absolute atomic E-state index is 0.0844. The van der Waals surface area contributed by atoms with Crippen molar-refractivity contribution in [1.82, 2.24) is 4.90 Å². The van der Waals surface area contributed by atoms with Crippen molar-refractivity contribution >= 4 is 17.2 Å². The Balaban J connectivity index is 2.16. The predicted octanol–water partition coefficient (Wildman–Crippen LogP) is 3.89. The molecule has 1 unspecified atom stereocenters. The van der Waals surface area contributed by atoms with Crippen LogP contribution in [0, 0.1) is 6.92 Å². The van der Waals surface area contributed by atoms with E-state index in [0.717, 1.165) is 10.4 Å². The lowest BCUT2D eigenvalue weighted by Gasteiger charge is -2.24. The van der Waals surface area contributed by atoms with Crippen molar-refractivity contribution in [3.63, 3.8) is 0 Å². The molecule has 0 aliphatic heterocycles. The summed E-state index contributed by atoms with van der Waals surface area (Å²) in [5.41, 5.74) is 1.15. The number of benzene rings is 1. The Morgan fingerprint density at radius 3 is 2.39 bits per heavy atom. The average Bonchev–Trinajstić information content (AvgIpc) is 2.84. The second-order valence-electron chi connectivity index (χ2n) is 4.41. The summed E-state index contributed by atoms with van der Waals surface area (Å²) < 4.78 is 0. The summed E-state index contributed by atoms with van der Waals surface area (Å²) in [6, 6.07) is 14.1. The van der Waals surface area contributed by atoms with Gasteiger partial charge in [-0.2, -0.15) is 0 Å². The van der Waals surface area contributed by atoms with E-state index in [1.807, 2.05) is 63.4 Å². The van der Waals surface area contributed by atoms with Gasteiger partial charge in [-0.1, -0.05) is 30.3 Å². The number of hydrogen-bond donors (Lipinski definition) is 0. The lowest BCUT2D eigenvalue weighted by molar-refractivity contribution is 0.0747. The molecule has 2 aromatic rings. The third kappa shape index (κ3) is 2.62. The van der Waals surface area contributed by atoms with E-state index in [2.05, 4.69) is 0 Å². The summed E-state index contributed by atoms with van der Waals surface area (Å²) >= 11 is 1.55. The zero-order valence-corrected chi connectivity index (χ0v) is 11.7. The minimum Gasteiger partial charge on any atom is -0.334 e. The van der Waals surface area contributed by atoms with Gasteiger partial charge in [0.2, 0.25) is 0 Å². The Morgan fingerprint density at radius 2 is 1.83 bits per heavy atom. The molecule has 94 valence electrons. The summed E-state index contributed by atoms with van der Waals surface area (Å²) in [5, 5.41) is 0. The fraction of sp³-hybridized carbons (Fsp3) is 0.267. The third-order valence-corrected chi connectivity index (χ3v) is 4.12. The van der Waals surface area contributed by atoms with Crippen LogP contribution < -0.4 is 0 Å². The Kier molecular flexibility index (Phi) is 3.82. The highest BCUT2D eigenvalue weighted by molar-refractivity contribution is 7.13. The number of amides is 1. The summed E-state index contributed by atoms with van der Waals surface area (Å²) in [4.78, 5) is 16.1. The number of aryl methyl sites for hydroxylation is 1. The van der Waals surface area contributed by atoms with Gasteiger partial charge in [-0.25, -0.2) is 0 Å². The molecule has 0 saturated heterocycles. The summed E-state index contributed by atoms with van der Waals surface area (Å²) in [6.45, 7) is 4.07. The third-order valence-electron chi connectivity index (χ3n) is 3.13. The van der Waals surface area contributed by atoms with Crippen LogP contribution in [0.1, 0.15) is 33.1 Å². The molecule has 0 radical (unpaired) electrons. The smallest absolute Gasteiger partial charge is 0.264 e. The normalized spacial score (nSPS) is 12.2. The van der Waals surface area contributed by atoms with Crippen LogP contribution in [0.3, 0.4) is 0 Å². The first-order valence-corrected chi connectivity index (χ1v) is 6.80. The molecular weight excluding hydrogens is 242 g/mol. The molecule has 0 fully saturated rings. The second-order valence-corrected chi connectivity index (χ2v) is 5.70. The highest BCUT2D eigenvalue weighted by Gasteiger charge is 2.19. The van der Waals surface area contributed by atoms with Crippen molar-refractivity contribution in [2.24, 2.45) is 0 Å². The van der Waals surface area contributed by atoms with Gasteiger partial charge in [-0.3, -0.25) is 4.79 Å². The lowest BCUT2D eigenvalue weighted by atomic mass is 10.1. The van der Waals surface area contributed by atoms with Crippen molar-refractivity contribution in [3.8, 4) is 0 Å². The molecule has 18 heavy (non-hydrogen) atoms. The highest BCUT2D eigenvalue weighted by atomic mass is 32.1. The molecule has 1 aromatic carbocycles. The van der Waals surface area contributed by atoms with Gasteiger partial charge in [0.25, 0.3) is 5.91 Å². The molecule has 1 heterocycles. The fourth-order valence-electron chi connectivity index (χ4n) is 1.85. The maximum absolute atomic E-state index is 12.3. The van der Waals surface area contributed by atoms with Crippen LogP contribution in [0.4, 0.5) is 0 Å². The van der Waals surface area contributed by atoms with Gasteiger partial charge >= 0.3 is 0 Å². The van der Waals surface area contributed by atoms with E-state index >= 15 is 0 Å². The molecule has 2 nitrogen and oxygen atoms in total. The average molecular weight is 259 g/mol. The van der Waals surface area contributed by atoms with Gasteiger partial charge in [-0.05, 0) is 31.5 Å². The monoisotopic (exact) mass is 259 g/mol. The summed E-state index contributed by atoms with van der Waals surface area (Å²) in [7, 11) is 1.86. The first kappa shape index (κ1) is 12.8. The van der Waals surface area contributed by atoms with E-state index in [9.17, 15) is 4.79 Å². The van der Waals surface area contributed by atoms with Crippen molar-refractivity contribution < 1.29 is 4.79 Å². The molecule has 3 heteroatoms. The Labute approximate surface area is 112 Å². The van der Waals surface area contributed by atoms with Gasteiger partial charge in [0, 0.05) is 11.9 Å². The van der Waals surface area contributed by atoms with Crippen LogP contribution in [-0.2, 0) is 0 Å². The molecule has 0 saturated carbocycles. The van der Waals surface area contributed by atoms with Gasteiger partial charge in [0.05, 0.1) is 10.9 Å². The maximum atomic E-state index is 12.3. The molecule has 0 N–H and O–H groups in total. The molecule has 1 atom stereocenters. The molecule has 0 aliphatic carbocycles. The number of nitrogens with zero attached hydrogens (tertiary/aromatic N) is 1. The van der Waals surface area contributed by atoms with E-state index < -0.39 is 0 Å². The SMILES string of the molecule is Cc1ccc(C(=O)N(C)C(C)c2ccccc2)s1. The summed E-state index contributed by atoms with van der Waals surface area (Å²) in [6.07, 6.45) is 0. The fourth-order valence-corrected chi connectivity index (χ4v) is 2.70. The van der Waals surface area contributed by atoms with Crippen molar-refractivity contribution in [3.05, 3.63) is 57.8 Å². The van der Waals surface area contributed by atoms with Gasteiger partial charge < -0.3 is 4.90 Å². The van der Waals surface area contributed by atoms with Crippen LogP contribution in [0.15, 0.2) is 42.5 Å². The van der Waals surface area contributed by atoms with E-state index in [0.29, 0.717) is 0 Å². The van der Waals surface area contributed by atoms with E-state index in [-0.39, 0.29) is 11.9 Å². The van der Waals surface area contributed by atoms with Crippen molar-refractivity contribution in [1.29, 1.82) is 0 Å². The van der Waals surface area contributed by atoms with Crippen LogP contribution in [-0.4, -0.2) is 17.9 Å². The van der Waals surface area contributed by atoms with Crippen molar-refractivity contribution in [2.45, 2.75) is 19.9 Å².